The molecule has 0 bridgehead atoms. The molecule has 1 saturated heterocycles. The van der Waals surface area contributed by atoms with Crippen LogP contribution in [0.5, 0.6) is 0 Å². The van der Waals surface area contributed by atoms with Gasteiger partial charge in [0.25, 0.3) is 0 Å². The molecule has 6 nitrogen and oxygen atoms in total. The lowest BCUT2D eigenvalue weighted by Crippen LogP contribution is -2.51. The van der Waals surface area contributed by atoms with Crippen molar-refractivity contribution >= 4 is 17.7 Å². The zero-order valence-corrected chi connectivity index (χ0v) is 14.1. The van der Waals surface area contributed by atoms with E-state index in [1.807, 2.05) is 0 Å². The third-order valence-corrected chi connectivity index (χ3v) is 3.98. The van der Waals surface area contributed by atoms with Gasteiger partial charge in [-0.25, -0.2) is 0 Å². The predicted octanol–water partition coefficient (Wildman–Crippen LogP) is 0.950. The summed E-state index contributed by atoms with van der Waals surface area (Å²) in [6.07, 6.45) is 4.82. The van der Waals surface area contributed by atoms with E-state index in [9.17, 15) is 14.4 Å². The number of carbonyl (C=O) groups is 3. The van der Waals surface area contributed by atoms with Crippen LogP contribution in [0.15, 0.2) is 25.3 Å². The maximum atomic E-state index is 12.4. The number of likely N-dealkylation sites (tertiary alicyclic amines) is 1. The molecular weight excluding hydrogens is 294 g/mol. The SMILES string of the molecule is C=CCN(CC=C)C(=O)C(C)NC(=O)C1CCCN(C(C)=O)C1. The van der Waals surface area contributed by atoms with E-state index in [1.54, 1.807) is 28.9 Å². The average molecular weight is 321 g/mol. The van der Waals surface area contributed by atoms with Crippen molar-refractivity contribution in [3.63, 3.8) is 0 Å². The summed E-state index contributed by atoms with van der Waals surface area (Å²) >= 11 is 0. The molecule has 0 saturated carbocycles. The molecule has 0 aromatic carbocycles. The fraction of sp³-hybridized carbons (Fsp3) is 0.588. The van der Waals surface area contributed by atoms with Crippen LogP contribution in [0.2, 0.25) is 0 Å². The zero-order chi connectivity index (χ0) is 17.4. The lowest BCUT2D eigenvalue weighted by atomic mass is 9.96. The topological polar surface area (TPSA) is 69.7 Å². The van der Waals surface area contributed by atoms with E-state index in [1.165, 1.54) is 6.92 Å². The molecule has 6 heteroatoms. The van der Waals surface area contributed by atoms with Crippen LogP contribution in [0, 0.1) is 5.92 Å². The van der Waals surface area contributed by atoms with Gasteiger partial charge in [0.15, 0.2) is 0 Å². The summed E-state index contributed by atoms with van der Waals surface area (Å²) < 4.78 is 0. The smallest absolute Gasteiger partial charge is 0.245 e. The van der Waals surface area contributed by atoms with Crippen LogP contribution in [-0.4, -0.2) is 59.7 Å². The Balaban J connectivity index is 2.60. The average Bonchev–Trinajstić information content (AvgIpc) is 2.53. The number of piperidine rings is 1. The Morgan fingerprint density at radius 3 is 2.43 bits per heavy atom. The molecule has 1 rings (SSSR count). The number of amides is 3. The van der Waals surface area contributed by atoms with E-state index in [2.05, 4.69) is 18.5 Å². The monoisotopic (exact) mass is 321 g/mol. The number of nitrogens with one attached hydrogen (secondary N) is 1. The molecule has 2 unspecified atom stereocenters. The van der Waals surface area contributed by atoms with E-state index < -0.39 is 6.04 Å². The maximum absolute atomic E-state index is 12.4. The largest absolute Gasteiger partial charge is 0.344 e. The van der Waals surface area contributed by atoms with Crippen molar-refractivity contribution in [1.29, 1.82) is 0 Å². The van der Waals surface area contributed by atoms with Gasteiger partial charge in [-0.1, -0.05) is 12.2 Å². The van der Waals surface area contributed by atoms with Crippen LogP contribution in [0.25, 0.3) is 0 Å². The first kappa shape index (κ1) is 18.9. The highest BCUT2D eigenvalue weighted by Crippen LogP contribution is 2.17. The summed E-state index contributed by atoms with van der Waals surface area (Å²) in [6.45, 7) is 12.4. The summed E-state index contributed by atoms with van der Waals surface area (Å²) in [6, 6.07) is -0.616. The first-order valence-corrected chi connectivity index (χ1v) is 7.97. The van der Waals surface area contributed by atoms with Crippen LogP contribution >= 0.6 is 0 Å². The van der Waals surface area contributed by atoms with Gasteiger partial charge in [-0.2, -0.15) is 0 Å². The van der Waals surface area contributed by atoms with Crippen LogP contribution in [0.4, 0.5) is 0 Å². The van der Waals surface area contributed by atoms with Crippen molar-refractivity contribution in [1.82, 2.24) is 15.1 Å². The molecule has 0 aromatic rings. The van der Waals surface area contributed by atoms with Crippen LogP contribution in [0.3, 0.4) is 0 Å². The summed E-state index contributed by atoms with van der Waals surface area (Å²) in [7, 11) is 0. The molecule has 1 aliphatic heterocycles. The fourth-order valence-electron chi connectivity index (χ4n) is 2.71. The molecular formula is C17H27N3O3. The first-order chi connectivity index (χ1) is 10.9. The Kier molecular flexibility index (Phi) is 7.51. The van der Waals surface area contributed by atoms with E-state index in [-0.39, 0.29) is 23.6 Å². The molecule has 1 N–H and O–H groups in total. The van der Waals surface area contributed by atoms with E-state index in [4.69, 9.17) is 0 Å². The van der Waals surface area contributed by atoms with Crippen molar-refractivity contribution in [2.45, 2.75) is 32.7 Å². The third-order valence-electron chi connectivity index (χ3n) is 3.98. The lowest BCUT2D eigenvalue weighted by molar-refractivity contribution is -0.138. The van der Waals surface area contributed by atoms with Gasteiger partial charge in [0, 0.05) is 33.1 Å². The minimum Gasteiger partial charge on any atom is -0.344 e. The summed E-state index contributed by atoms with van der Waals surface area (Å²) in [5, 5.41) is 2.77. The van der Waals surface area contributed by atoms with E-state index in [0.717, 1.165) is 12.8 Å². The second-order valence-corrected chi connectivity index (χ2v) is 5.86. The second-order valence-electron chi connectivity index (χ2n) is 5.86. The van der Waals surface area contributed by atoms with Gasteiger partial charge in [0.2, 0.25) is 17.7 Å². The van der Waals surface area contributed by atoms with Gasteiger partial charge in [-0.15, -0.1) is 13.2 Å². The number of hydrogen-bond acceptors (Lipinski definition) is 3. The Labute approximate surface area is 138 Å². The molecule has 128 valence electrons. The van der Waals surface area contributed by atoms with E-state index >= 15 is 0 Å². The van der Waals surface area contributed by atoms with E-state index in [0.29, 0.717) is 26.2 Å². The van der Waals surface area contributed by atoms with Gasteiger partial charge >= 0.3 is 0 Å². The predicted molar refractivity (Wildman–Crippen MR) is 89.6 cm³/mol. The van der Waals surface area contributed by atoms with Gasteiger partial charge < -0.3 is 15.1 Å². The zero-order valence-electron chi connectivity index (χ0n) is 14.1. The Morgan fingerprint density at radius 2 is 1.91 bits per heavy atom. The normalized spacial score (nSPS) is 18.7. The van der Waals surface area contributed by atoms with Crippen LogP contribution in [0.1, 0.15) is 26.7 Å². The first-order valence-electron chi connectivity index (χ1n) is 7.97. The Hall–Kier alpha value is -2.11. The fourth-order valence-corrected chi connectivity index (χ4v) is 2.71. The molecule has 1 fully saturated rings. The van der Waals surface area contributed by atoms with Crippen molar-refractivity contribution < 1.29 is 14.4 Å². The standard InChI is InChI=1S/C17H27N3O3/c1-5-9-19(10-6-2)17(23)13(3)18-16(22)15-8-7-11-20(12-15)14(4)21/h5-6,13,15H,1-2,7-12H2,3-4H3,(H,18,22). The highest BCUT2D eigenvalue weighted by Gasteiger charge is 2.29. The third kappa shape index (κ3) is 5.54. The summed E-state index contributed by atoms with van der Waals surface area (Å²) in [4.78, 5) is 39.4. The van der Waals surface area contributed by atoms with Gasteiger partial charge in [-0.3, -0.25) is 14.4 Å². The van der Waals surface area contributed by atoms with Crippen LogP contribution < -0.4 is 5.32 Å². The van der Waals surface area contributed by atoms with Gasteiger partial charge in [-0.05, 0) is 19.8 Å². The van der Waals surface area contributed by atoms with Crippen molar-refractivity contribution in [2.75, 3.05) is 26.2 Å². The van der Waals surface area contributed by atoms with Crippen molar-refractivity contribution in [3.8, 4) is 0 Å². The Bertz CT molecular complexity index is 466. The molecule has 3 amide bonds. The minimum absolute atomic E-state index is 0.0187. The number of hydrogen-bond donors (Lipinski definition) is 1. The number of nitrogens with zero attached hydrogens (tertiary/aromatic N) is 2. The van der Waals surface area contributed by atoms with Crippen LogP contribution in [-0.2, 0) is 14.4 Å². The highest BCUT2D eigenvalue weighted by atomic mass is 16.2. The highest BCUT2D eigenvalue weighted by molar-refractivity contribution is 5.88. The molecule has 23 heavy (non-hydrogen) atoms. The van der Waals surface area contributed by atoms with Gasteiger partial charge in [0.05, 0.1) is 5.92 Å². The van der Waals surface area contributed by atoms with Crippen molar-refractivity contribution in [3.05, 3.63) is 25.3 Å². The van der Waals surface area contributed by atoms with Gasteiger partial charge in [0.1, 0.15) is 6.04 Å². The van der Waals surface area contributed by atoms with Crippen molar-refractivity contribution in [2.24, 2.45) is 5.92 Å². The number of rotatable bonds is 7. The molecule has 1 aliphatic rings. The molecule has 1 heterocycles. The molecule has 0 aromatic heterocycles. The lowest BCUT2D eigenvalue weighted by Gasteiger charge is -2.32. The Morgan fingerprint density at radius 1 is 1.30 bits per heavy atom. The summed E-state index contributed by atoms with van der Waals surface area (Å²) in [5.74, 6) is -0.615. The molecule has 0 radical (unpaired) electrons. The molecule has 0 spiro atoms. The summed E-state index contributed by atoms with van der Waals surface area (Å²) in [5.41, 5.74) is 0. The molecule has 0 aliphatic carbocycles. The quantitative estimate of drug-likeness (QED) is 0.710. The number of carbonyl (C=O) groups excluding carboxylic acids is 3. The minimum atomic E-state index is -0.616. The second kappa shape index (κ2) is 9.12. The maximum Gasteiger partial charge on any atom is 0.245 e. The molecule has 2 atom stereocenters.